The molecule has 0 spiro atoms. The second-order valence-electron chi connectivity index (χ2n) is 10.6. The summed E-state index contributed by atoms with van der Waals surface area (Å²) in [7, 11) is 1.46. The SMILES string of the molecule is CNC(=O)c1cc2c(c(F)c1-c1c(Cl)c(F)cc3c1C[C@](c1ccccc1)([C@@H]1CCCN1)O3)[C@@H](O)[C@H](C)C2. The number of carbonyl (C=O) groups excluding carboxylic acids is 1. The lowest BCUT2D eigenvalue weighted by Crippen LogP contribution is -2.48. The molecule has 0 saturated carbocycles. The van der Waals surface area contributed by atoms with Crippen LogP contribution in [0.4, 0.5) is 8.78 Å². The normalized spacial score (nSPS) is 25.7. The highest BCUT2D eigenvalue weighted by Gasteiger charge is 2.50. The van der Waals surface area contributed by atoms with Crippen molar-refractivity contribution in [1.82, 2.24) is 10.6 Å². The van der Waals surface area contributed by atoms with E-state index in [4.69, 9.17) is 16.3 Å². The van der Waals surface area contributed by atoms with Crippen molar-refractivity contribution in [3.63, 3.8) is 0 Å². The van der Waals surface area contributed by atoms with E-state index in [-0.39, 0.29) is 45.0 Å². The average Bonchev–Trinajstić information content (AvgIpc) is 3.65. The fraction of sp³-hybridized carbons (Fsp3) is 0.367. The van der Waals surface area contributed by atoms with Gasteiger partial charge in [-0.25, -0.2) is 8.78 Å². The predicted molar refractivity (Wildman–Crippen MR) is 141 cm³/mol. The van der Waals surface area contributed by atoms with E-state index in [1.807, 2.05) is 37.3 Å². The van der Waals surface area contributed by atoms with Crippen LogP contribution in [0.2, 0.25) is 5.02 Å². The van der Waals surface area contributed by atoms with Crippen LogP contribution in [0.15, 0.2) is 42.5 Å². The van der Waals surface area contributed by atoms with Crippen LogP contribution in [-0.2, 0) is 18.4 Å². The number of rotatable bonds is 4. The molecule has 3 N–H and O–H groups in total. The zero-order valence-corrected chi connectivity index (χ0v) is 22.0. The highest BCUT2D eigenvalue weighted by atomic mass is 35.5. The molecule has 198 valence electrons. The first kappa shape index (κ1) is 25.3. The lowest BCUT2D eigenvalue weighted by Gasteiger charge is -2.35. The molecule has 3 aromatic rings. The minimum absolute atomic E-state index is 0.0518. The van der Waals surface area contributed by atoms with Crippen molar-refractivity contribution in [2.24, 2.45) is 5.92 Å². The molecule has 2 aliphatic heterocycles. The maximum atomic E-state index is 16.5. The van der Waals surface area contributed by atoms with Crippen molar-refractivity contribution < 1.29 is 23.4 Å². The third-order valence-electron chi connectivity index (χ3n) is 8.39. The van der Waals surface area contributed by atoms with Gasteiger partial charge in [0.2, 0.25) is 0 Å². The molecular formula is C30H29ClF2N2O3. The number of amides is 1. The van der Waals surface area contributed by atoms with Crippen LogP contribution < -0.4 is 15.4 Å². The number of hydrogen-bond donors (Lipinski definition) is 3. The zero-order valence-electron chi connectivity index (χ0n) is 21.2. The van der Waals surface area contributed by atoms with Gasteiger partial charge in [0, 0.05) is 41.8 Å². The van der Waals surface area contributed by atoms with Crippen LogP contribution in [0.5, 0.6) is 5.75 Å². The van der Waals surface area contributed by atoms with Gasteiger partial charge in [0.1, 0.15) is 17.4 Å². The van der Waals surface area contributed by atoms with E-state index >= 15 is 8.78 Å². The van der Waals surface area contributed by atoms with Gasteiger partial charge in [-0.15, -0.1) is 0 Å². The largest absolute Gasteiger partial charge is 0.480 e. The third kappa shape index (κ3) is 3.67. The van der Waals surface area contributed by atoms with Crippen molar-refractivity contribution >= 4 is 17.5 Å². The number of halogens is 3. The molecule has 4 atom stereocenters. The zero-order chi connectivity index (χ0) is 26.8. The number of carbonyl (C=O) groups is 1. The topological polar surface area (TPSA) is 70.6 Å². The molecule has 5 nitrogen and oxygen atoms in total. The number of aliphatic hydroxyl groups excluding tert-OH is 1. The number of ether oxygens (including phenoxy) is 1. The van der Waals surface area contributed by atoms with Crippen molar-refractivity contribution in [1.29, 1.82) is 0 Å². The van der Waals surface area contributed by atoms with Gasteiger partial charge in [-0.05, 0) is 48.9 Å². The fourth-order valence-corrected chi connectivity index (χ4v) is 6.79. The minimum atomic E-state index is -1.04. The van der Waals surface area contributed by atoms with Crippen LogP contribution in [-0.4, -0.2) is 30.6 Å². The number of benzene rings is 3. The number of hydrogen-bond acceptors (Lipinski definition) is 4. The summed E-state index contributed by atoms with van der Waals surface area (Å²) in [5, 5.41) is 16.6. The summed E-state index contributed by atoms with van der Waals surface area (Å²) in [6.45, 7) is 2.66. The van der Waals surface area contributed by atoms with Crippen LogP contribution in [0, 0.1) is 17.6 Å². The second kappa shape index (κ2) is 9.33. The minimum Gasteiger partial charge on any atom is -0.480 e. The standard InChI is InChI=1S/C30H29ClF2N2O3/c1-15-11-16-12-18(29(37)34-2)25(27(33)23(16)28(15)36)24-19-14-30(22-9-6-10-35-22,17-7-4-3-5-8-17)38-21(19)13-20(32)26(24)31/h3-5,7-8,12-13,15,22,28,35-36H,6,9-11,14H2,1-2H3,(H,34,37)/t15-,22+,28+,30+/m1/s1. The summed E-state index contributed by atoms with van der Waals surface area (Å²) < 4.78 is 38.5. The Labute approximate surface area is 225 Å². The van der Waals surface area contributed by atoms with Gasteiger partial charge in [0.25, 0.3) is 5.91 Å². The lowest BCUT2D eigenvalue weighted by atomic mass is 9.80. The summed E-state index contributed by atoms with van der Waals surface area (Å²) in [5.41, 5.74) is 1.35. The molecule has 8 heteroatoms. The molecule has 0 aromatic heterocycles. The van der Waals surface area contributed by atoms with Gasteiger partial charge in [-0.2, -0.15) is 0 Å². The van der Waals surface area contributed by atoms with Crippen molar-refractivity contribution in [3.05, 3.63) is 86.9 Å². The Hall–Kier alpha value is -3.00. The Balaban J connectivity index is 1.61. The van der Waals surface area contributed by atoms with E-state index in [0.29, 0.717) is 24.0 Å². The first-order chi connectivity index (χ1) is 18.3. The van der Waals surface area contributed by atoms with Crippen LogP contribution >= 0.6 is 11.6 Å². The van der Waals surface area contributed by atoms with Crippen molar-refractivity contribution in [2.75, 3.05) is 13.6 Å². The molecule has 0 radical (unpaired) electrons. The summed E-state index contributed by atoms with van der Waals surface area (Å²) >= 11 is 6.61. The summed E-state index contributed by atoms with van der Waals surface area (Å²) in [5.74, 6) is -1.97. The van der Waals surface area contributed by atoms with Gasteiger partial charge >= 0.3 is 0 Å². The number of aliphatic hydroxyl groups is 1. The molecule has 38 heavy (non-hydrogen) atoms. The molecule has 3 aromatic carbocycles. The second-order valence-corrected chi connectivity index (χ2v) is 11.0. The van der Waals surface area contributed by atoms with Crippen LogP contribution in [0.25, 0.3) is 11.1 Å². The molecule has 1 amide bonds. The molecule has 0 bridgehead atoms. The molecule has 0 unspecified atom stereocenters. The molecule has 2 heterocycles. The van der Waals surface area contributed by atoms with E-state index in [0.717, 1.165) is 24.9 Å². The summed E-state index contributed by atoms with van der Waals surface area (Å²) in [6, 6.07) is 12.5. The van der Waals surface area contributed by atoms with Crippen molar-refractivity contribution in [3.8, 4) is 16.9 Å². The first-order valence-electron chi connectivity index (χ1n) is 13.0. The number of fused-ring (bicyclic) bond motifs is 2. The summed E-state index contributed by atoms with van der Waals surface area (Å²) in [6.07, 6.45) is 1.53. The lowest BCUT2D eigenvalue weighted by molar-refractivity contribution is 0.0539. The average molecular weight is 539 g/mol. The quantitative estimate of drug-likeness (QED) is 0.413. The Morgan fingerprint density at radius 1 is 1.21 bits per heavy atom. The van der Waals surface area contributed by atoms with E-state index in [1.165, 1.54) is 13.1 Å². The van der Waals surface area contributed by atoms with Gasteiger partial charge in [-0.3, -0.25) is 4.79 Å². The highest BCUT2D eigenvalue weighted by Crippen LogP contribution is 2.53. The Kier molecular flexibility index (Phi) is 6.21. The Morgan fingerprint density at radius 2 is 1.97 bits per heavy atom. The fourth-order valence-electron chi connectivity index (χ4n) is 6.53. The third-order valence-corrected chi connectivity index (χ3v) is 8.76. The number of nitrogens with one attached hydrogen (secondary N) is 2. The molecule has 6 rings (SSSR count). The smallest absolute Gasteiger partial charge is 0.251 e. The Bertz CT molecular complexity index is 1440. The van der Waals surface area contributed by atoms with Gasteiger partial charge in [0.15, 0.2) is 5.60 Å². The molecule has 1 aliphatic carbocycles. The van der Waals surface area contributed by atoms with E-state index in [1.54, 1.807) is 6.07 Å². The van der Waals surface area contributed by atoms with E-state index < -0.39 is 29.2 Å². The Morgan fingerprint density at radius 3 is 2.66 bits per heavy atom. The van der Waals surface area contributed by atoms with E-state index in [9.17, 15) is 9.90 Å². The van der Waals surface area contributed by atoms with E-state index in [2.05, 4.69) is 10.6 Å². The van der Waals surface area contributed by atoms with Crippen LogP contribution in [0.1, 0.15) is 58.5 Å². The monoisotopic (exact) mass is 538 g/mol. The van der Waals surface area contributed by atoms with Gasteiger partial charge in [-0.1, -0.05) is 48.9 Å². The molecular weight excluding hydrogens is 510 g/mol. The molecule has 1 saturated heterocycles. The molecule has 1 fully saturated rings. The van der Waals surface area contributed by atoms with Crippen LogP contribution in [0.3, 0.4) is 0 Å². The predicted octanol–water partition coefficient (Wildman–Crippen LogP) is 5.45. The summed E-state index contributed by atoms with van der Waals surface area (Å²) in [4.78, 5) is 13.1. The van der Waals surface area contributed by atoms with Crippen molar-refractivity contribution in [2.45, 2.75) is 50.4 Å². The van der Waals surface area contributed by atoms with Gasteiger partial charge in [0.05, 0.1) is 22.7 Å². The van der Waals surface area contributed by atoms with Gasteiger partial charge < -0.3 is 20.5 Å². The molecule has 3 aliphatic rings. The maximum absolute atomic E-state index is 16.5. The highest BCUT2D eigenvalue weighted by molar-refractivity contribution is 6.34. The first-order valence-corrected chi connectivity index (χ1v) is 13.4. The maximum Gasteiger partial charge on any atom is 0.251 e.